The third-order valence-corrected chi connectivity index (χ3v) is 9.32. The van der Waals surface area contributed by atoms with E-state index in [1.54, 1.807) is 0 Å². The van der Waals surface area contributed by atoms with Crippen LogP contribution in [0.4, 0.5) is 18.9 Å². The van der Waals surface area contributed by atoms with E-state index in [9.17, 15) is 22.8 Å². The summed E-state index contributed by atoms with van der Waals surface area (Å²) < 4.78 is 47.7. The minimum atomic E-state index is -4.56. The number of carbonyl (C=O) groups is 2. The van der Waals surface area contributed by atoms with Crippen molar-refractivity contribution < 1.29 is 27.5 Å². The number of alkyl halides is 3. The second-order valence-corrected chi connectivity index (χ2v) is 12.0. The van der Waals surface area contributed by atoms with Crippen LogP contribution < -0.4 is 15.0 Å². The van der Waals surface area contributed by atoms with E-state index in [4.69, 9.17) is 9.72 Å². The van der Waals surface area contributed by atoms with Crippen LogP contribution in [0, 0.1) is 5.41 Å². The van der Waals surface area contributed by atoms with E-state index in [0.717, 1.165) is 31.5 Å². The van der Waals surface area contributed by atoms with E-state index in [1.165, 1.54) is 4.90 Å². The normalized spacial score (nSPS) is 21.3. The molecule has 3 aliphatic rings. The van der Waals surface area contributed by atoms with Gasteiger partial charge in [0.25, 0.3) is 5.91 Å². The van der Waals surface area contributed by atoms with Crippen molar-refractivity contribution in [1.82, 2.24) is 20.1 Å². The van der Waals surface area contributed by atoms with Gasteiger partial charge in [-0.3, -0.25) is 9.59 Å². The summed E-state index contributed by atoms with van der Waals surface area (Å²) in [6, 6.07) is 11.0. The summed E-state index contributed by atoms with van der Waals surface area (Å²) in [5, 5.41) is 3.19. The van der Waals surface area contributed by atoms with Crippen LogP contribution >= 0.6 is 0 Å². The van der Waals surface area contributed by atoms with Crippen molar-refractivity contribution in [3.05, 3.63) is 42.1 Å². The summed E-state index contributed by atoms with van der Waals surface area (Å²) in [5.74, 6) is -0.426. The van der Waals surface area contributed by atoms with E-state index in [1.807, 2.05) is 55.1 Å². The molecule has 0 radical (unpaired) electrons. The van der Waals surface area contributed by atoms with E-state index in [-0.39, 0.29) is 49.6 Å². The Kier molecular flexibility index (Phi) is 9.20. The number of carbonyl (C=O) groups excluding carboxylic acids is 2. The minimum absolute atomic E-state index is 0.0233. The molecule has 1 saturated carbocycles. The molecular weight excluding hydrogens is 559 g/mol. The van der Waals surface area contributed by atoms with E-state index >= 15 is 0 Å². The van der Waals surface area contributed by atoms with Gasteiger partial charge in [-0.05, 0) is 83.4 Å². The number of hydrogen-bond donors (Lipinski definition) is 1. The summed E-state index contributed by atoms with van der Waals surface area (Å²) in [6.45, 7) is 6.74. The summed E-state index contributed by atoms with van der Waals surface area (Å²) in [6.07, 6.45) is -2.19. The Morgan fingerprint density at radius 3 is 2.40 bits per heavy atom. The Balaban J connectivity index is 1.45. The van der Waals surface area contributed by atoms with Gasteiger partial charge in [-0.25, -0.2) is 4.98 Å². The quantitative estimate of drug-likeness (QED) is 0.452. The maximum Gasteiger partial charge on any atom is 0.403 e. The topological polar surface area (TPSA) is 78.0 Å². The van der Waals surface area contributed by atoms with Crippen LogP contribution in [-0.2, 0) is 4.79 Å². The molecule has 2 aliphatic heterocycles. The SMILES string of the molecule is CCOc1ccccc1-c1ccc(N2CCN(C(=O)C3(C(F)(F)F)CCC3)C[C@H]2CC)c(C(=O)NC2CCN(C)CC2)n1. The molecule has 2 aromatic rings. The standard InChI is InChI=1S/C32H42F3N5O3/c1-4-23-21-39(30(42)31(15-8-16-31)32(33,34)35)19-20-40(23)26-12-11-25(24-9-6-7-10-27(24)43-5-2)37-28(26)29(41)36-22-13-17-38(3)18-14-22/h6-7,9-12,22-23H,4-5,8,13-21H2,1-3H3,(H,36,41)/t23-/m1/s1. The summed E-state index contributed by atoms with van der Waals surface area (Å²) >= 11 is 0. The van der Waals surface area contributed by atoms with Crippen LogP contribution in [-0.4, -0.2) is 91.2 Å². The fourth-order valence-electron chi connectivity index (χ4n) is 6.52. The van der Waals surface area contributed by atoms with Gasteiger partial charge in [-0.15, -0.1) is 0 Å². The zero-order valence-electron chi connectivity index (χ0n) is 25.3. The molecule has 5 rings (SSSR count). The number of pyridine rings is 1. The maximum absolute atomic E-state index is 14.0. The van der Waals surface area contributed by atoms with Gasteiger partial charge < -0.3 is 24.8 Å². The predicted octanol–water partition coefficient (Wildman–Crippen LogP) is 5.13. The van der Waals surface area contributed by atoms with Crippen LogP contribution in [0.3, 0.4) is 0 Å². The van der Waals surface area contributed by atoms with Crippen LogP contribution in [0.15, 0.2) is 36.4 Å². The van der Waals surface area contributed by atoms with Crippen LogP contribution in [0.5, 0.6) is 5.75 Å². The molecule has 43 heavy (non-hydrogen) atoms. The first-order chi connectivity index (χ1) is 20.6. The van der Waals surface area contributed by atoms with Gasteiger partial charge in [0.1, 0.15) is 11.2 Å². The molecule has 1 aliphatic carbocycles. The van der Waals surface area contributed by atoms with Crippen LogP contribution in [0.1, 0.15) is 62.9 Å². The zero-order valence-corrected chi connectivity index (χ0v) is 25.3. The van der Waals surface area contributed by atoms with Crippen molar-refractivity contribution >= 4 is 17.5 Å². The Hall–Kier alpha value is -3.34. The smallest absolute Gasteiger partial charge is 0.403 e. The molecule has 1 aromatic heterocycles. The number of amides is 2. The number of anilines is 1. The van der Waals surface area contributed by atoms with Gasteiger partial charge in [0.2, 0.25) is 5.91 Å². The molecule has 1 atom stereocenters. The minimum Gasteiger partial charge on any atom is -0.493 e. The molecule has 2 amide bonds. The number of aromatic nitrogens is 1. The third-order valence-electron chi connectivity index (χ3n) is 9.32. The number of likely N-dealkylation sites (tertiary alicyclic amines) is 1. The highest BCUT2D eigenvalue weighted by Crippen LogP contribution is 2.54. The third kappa shape index (κ3) is 6.18. The average molecular weight is 602 g/mol. The van der Waals surface area contributed by atoms with Crippen LogP contribution in [0.25, 0.3) is 11.3 Å². The lowest BCUT2D eigenvalue weighted by Gasteiger charge is -2.48. The Bertz CT molecular complexity index is 1310. The maximum atomic E-state index is 14.0. The number of hydrogen-bond acceptors (Lipinski definition) is 6. The number of halogens is 3. The zero-order chi connectivity index (χ0) is 30.8. The van der Waals surface area contributed by atoms with Crippen molar-refractivity contribution in [2.75, 3.05) is 51.3 Å². The lowest BCUT2D eigenvalue weighted by atomic mass is 9.67. The molecule has 1 aromatic carbocycles. The van der Waals surface area contributed by atoms with Gasteiger partial charge in [0, 0.05) is 37.3 Å². The molecule has 234 valence electrons. The van der Waals surface area contributed by atoms with Crippen molar-refractivity contribution in [1.29, 1.82) is 0 Å². The average Bonchev–Trinajstić information content (AvgIpc) is 2.97. The highest BCUT2D eigenvalue weighted by Gasteiger charge is 2.64. The second-order valence-electron chi connectivity index (χ2n) is 12.0. The molecule has 0 unspecified atom stereocenters. The molecule has 8 nitrogen and oxygen atoms in total. The molecule has 3 fully saturated rings. The summed E-state index contributed by atoms with van der Waals surface area (Å²) in [5.41, 5.74) is -0.00293. The number of benzene rings is 1. The van der Waals surface area contributed by atoms with Crippen molar-refractivity contribution in [2.24, 2.45) is 5.41 Å². The highest BCUT2D eigenvalue weighted by molar-refractivity contribution is 5.99. The lowest BCUT2D eigenvalue weighted by Crippen LogP contribution is -2.62. The molecular formula is C32H42F3N5O3. The molecule has 0 spiro atoms. The fraction of sp³-hybridized carbons (Fsp3) is 0.594. The molecule has 1 N–H and O–H groups in total. The lowest BCUT2D eigenvalue weighted by molar-refractivity contribution is -0.248. The Labute approximate surface area is 251 Å². The van der Waals surface area contributed by atoms with Crippen molar-refractivity contribution in [3.63, 3.8) is 0 Å². The number of piperazine rings is 1. The Morgan fingerprint density at radius 2 is 1.77 bits per heavy atom. The first kappa shape index (κ1) is 31.1. The number of nitrogens with one attached hydrogen (secondary N) is 1. The molecule has 11 heteroatoms. The fourth-order valence-corrected chi connectivity index (χ4v) is 6.52. The number of para-hydroxylation sites is 1. The number of ether oxygens (including phenoxy) is 1. The first-order valence-electron chi connectivity index (χ1n) is 15.4. The van der Waals surface area contributed by atoms with E-state index in [0.29, 0.717) is 43.1 Å². The van der Waals surface area contributed by atoms with Gasteiger partial charge >= 0.3 is 6.18 Å². The largest absolute Gasteiger partial charge is 0.493 e. The number of nitrogens with zero attached hydrogens (tertiary/aromatic N) is 4. The predicted molar refractivity (Wildman–Crippen MR) is 159 cm³/mol. The molecule has 0 bridgehead atoms. The van der Waals surface area contributed by atoms with Gasteiger partial charge in [0.15, 0.2) is 5.69 Å². The number of piperidine rings is 1. The monoisotopic (exact) mass is 601 g/mol. The van der Waals surface area contributed by atoms with Gasteiger partial charge in [-0.1, -0.05) is 25.5 Å². The van der Waals surface area contributed by atoms with Crippen molar-refractivity contribution in [2.45, 2.75) is 70.6 Å². The summed E-state index contributed by atoms with van der Waals surface area (Å²) in [7, 11) is 2.06. The first-order valence-corrected chi connectivity index (χ1v) is 15.4. The van der Waals surface area contributed by atoms with Crippen LogP contribution in [0.2, 0.25) is 0 Å². The van der Waals surface area contributed by atoms with E-state index < -0.39 is 17.5 Å². The second kappa shape index (κ2) is 12.7. The highest BCUT2D eigenvalue weighted by atomic mass is 19.4. The Morgan fingerprint density at radius 1 is 1.05 bits per heavy atom. The summed E-state index contributed by atoms with van der Waals surface area (Å²) in [4.78, 5) is 37.7. The van der Waals surface area contributed by atoms with E-state index in [2.05, 4.69) is 17.3 Å². The van der Waals surface area contributed by atoms with Gasteiger partial charge in [0.05, 0.1) is 18.0 Å². The molecule has 3 heterocycles. The van der Waals surface area contributed by atoms with Gasteiger partial charge in [-0.2, -0.15) is 13.2 Å². The molecule has 2 saturated heterocycles. The van der Waals surface area contributed by atoms with Crippen molar-refractivity contribution in [3.8, 4) is 17.0 Å². The number of rotatable bonds is 8.